The Hall–Kier alpha value is -1.29. The monoisotopic (exact) mass is 192 g/mol. The average Bonchev–Trinajstić information content (AvgIpc) is 2.75. The van der Waals surface area contributed by atoms with Crippen LogP contribution in [0.25, 0.3) is 0 Å². The van der Waals surface area contributed by atoms with Crippen LogP contribution in [0.15, 0.2) is 22.8 Å². The molecule has 3 rings (SSSR count). The van der Waals surface area contributed by atoms with E-state index in [4.69, 9.17) is 4.42 Å². The smallest absolute Gasteiger partial charge is 0.287 e. The molecule has 0 bridgehead atoms. The lowest BCUT2D eigenvalue weighted by atomic mass is 10.4. The van der Waals surface area contributed by atoms with Gasteiger partial charge in [0.15, 0.2) is 5.76 Å². The van der Waals surface area contributed by atoms with Gasteiger partial charge in [-0.15, -0.1) is 0 Å². The van der Waals surface area contributed by atoms with Gasteiger partial charge in [-0.05, 0) is 24.0 Å². The second-order valence-electron chi connectivity index (χ2n) is 3.96. The minimum absolute atomic E-state index is 0.0885. The summed E-state index contributed by atoms with van der Waals surface area (Å²) in [6, 6.07) is 3.78. The van der Waals surface area contributed by atoms with Gasteiger partial charge >= 0.3 is 0 Å². The van der Waals surface area contributed by atoms with Crippen LogP contribution in [0, 0.1) is 11.8 Å². The van der Waals surface area contributed by atoms with E-state index in [0.717, 1.165) is 13.1 Å². The van der Waals surface area contributed by atoms with E-state index in [1.54, 1.807) is 12.1 Å². The summed E-state index contributed by atoms with van der Waals surface area (Å²) in [7, 11) is 0. The lowest BCUT2D eigenvalue weighted by Gasteiger charge is -2.05. The normalized spacial score (nSPS) is 33.9. The summed E-state index contributed by atoms with van der Waals surface area (Å²) < 4.78 is 5.02. The predicted octanol–water partition coefficient (Wildman–Crippen LogP) is 0.227. The fraction of sp³-hybridized carbons (Fsp3) is 0.500. The molecule has 0 aromatic carbocycles. The lowest BCUT2D eigenvalue weighted by Crippen LogP contribution is -2.32. The molecule has 2 heterocycles. The van der Waals surface area contributed by atoms with Gasteiger partial charge in [-0.2, -0.15) is 0 Å². The van der Waals surface area contributed by atoms with Gasteiger partial charge in [0.25, 0.3) is 5.91 Å². The van der Waals surface area contributed by atoms with Crippen LogP contribution in [0.5, 0.6) is 0 Å². The van der Waals surface area contributed by atoms with Gasteiger partial charge in [0, 0.05) is 19.1 Å². The third-order valence-corrected chi connectivity index (χ3v) is 3.13. The van der Waals surface area contributed by atoms with Gasteiger partial charge in [0.1, 0.15) is 0 Å². The van der Waals surface area contributed by atoms with Gasteiger partial charge in [-0.1, -0.05) is 0 Å². The fourth-order valence-corrected chi connectivity index (χ4v) is 2.26. The molecule has 0 radical (unpaired) electrons. The van der Waals surface area contributed by atoms with Crippen molar-refractivity contribution in [1.29, 1.82) is 0 Å². The summed E-state index contributed by atoms with van der Waals surface area (Å²) >= 11 is 0. The van der Waals surface area contributed by atoms with E-state index in [-0.39, 0.29) is 5.91 Å². The van der Waals surface area contributed by atoms with E-state index in [9.17, 15) is 4.79 Å². The van der Waals surface area contributed by atoms with Gasteiger partial charge in [-0.3, -0.25) is 4.79 Å². The molecule has 1 saturated heterocycles. The maximum Gasteiger partial charge on any atom is 0.287 e. The molecule has 2 aliphatic rings. The van der Waals surface area contributed by atoms with Crippen molar-refractivity contribution in [2.75, 3.05) is 13.1 Å². The van der Waals surface area contributed by atoms with Crippen LogP contribution < -0.4 is 10.6 Å². The quantitative estimate of drug-likeness (QED) is 0.705. The van der Waals surface area contributed by atoms with Crippen LogP contribution in [0.1, 0.15) is 10.6 Å². The average molecular weight is 192 g/mol. The number of amides is 1. The van der Waals surface area contributed by atoms with Crippen LogP contribution in [-0.4, -0.2) is 25.0 Å². The fourth-order valence-electron chi connectivity index (χ4n) is 2.26. The van der Waals surface area contributed by atoms with E-state index in [1.165, 1.54) is 6.26 Å². The van der Waals surface area contributed by atoms with Gasteiger partial charge in [0.05, 0.1) is 6.26 Å². The molecule has 4 nitrogen and oxygen atoms in total. The van der Waals surface area contributed by atoms with E-state index in [1.807, 2.05) is 0 Å². The van der Waals surface area contributed by atoms with Crippen molar-refractivity contribution in [2.24, 2.45) is 11.8 Å². The third kappa shape index (κ3) is 1.14. The number of hydrogen-bond acceptors (Lipinski definition) is 3. The number of nitrogens with one attached hydrogen (secondary N) is 2. The van der Waals surface area contributed by atoms with E-state index in [2.05, 4.69) is 10.6 Å². The van der Waals surface area contributed by atoms with Crippen molar-refractivity contribution in [1.82, 2.24) is 10.6 Å². The van der Waals surface area contributed by atoms with Crippen LogP contribution >= 0.6 is 0 Å². The molecule has 1 saturated carbocycles. The second kappa shape index (κ2) is 2.85. The molecule has 4 heteroatoms. The molecule has 1 aliphatic carbocycles. The summed E-state index contributed by atoms with van der Waals surface area (Å²) in [5, 5.41) is 6.27. The summed E-state index contributed by atoms with van der Waals surface area (Å²) in [5.74, 6) is 1.61. The van der Waals surface area contributed by atoms with Crippen molar-refractivity contribution in [3.63, 3.8) is 0 Å². The van der Waals surface area contributed by atoms with Crippen LogP contribution in [0.2, 0.25) is 0 Å². The Morgan fingerprint density at radius 1 is 1.50 bits per heavy atom. The van der Waals surface area contributed by atoms with Crippen molar-refractivity contribution in [2.45, 2.75) is 6.04 Å². The molecular formula is C10H12N2O2. The Balaban J connectivity index is 1.61. The largest absolute Gasteiger partial charge is 0.459 e. The van der Waals surface area contributed by atoms with Crippen molar-refractivity contribution >= 4 is 5.91 Å². The van der Waals surface area contributed by atoms with Crippen molar-refractivity contribution < 1.29 is 9.21 Å². The number of fused-ring (bicyclic) bond motifs is 1. The summed E-state index contributed by atoms with van der Waals surface area (Å²) in [4.78, 5) is 11.6. The highest BCUT2D eigenvalue weighted by molar-refractivity contribution is 5.91. The number of rotatable bonds is 2. The summed E-state index contributed by atoms with van der Waals surface area (Å²) in [5.41, 5.74) is 0. The van der Waals surface area contributed by atoms with Crippen molar-refractivity contribution in [3.8, 4) is 0 Å². The molecule has 2 fully saturated rings. The zero-order valence-corrected chi connectivity index (χ0v) is 7.69. The highest BCUT2D eigenvalue weighted by Gasteiger charge is 2.53. The molecule has 0 spiro atoms. The van der Waals surface area contributed by atoms with Gasteiger partial charge < -0.3 is 15.1 Å². The molecule has 1 aromatic rings. The highest BCUT2D eigenvalue weighted by Crippen LogP contribution is 2.41. The third-order valence-electron chi connectivity index (χ3n) is 3.13. The van der Waals surface area contributed by atoms with Crippen molar-refractivity contribution in [3.05, 3.63) is 24.2 Å². The minimum atomic E-state index is -0.0885. The lowest BCUT2D eigenvalue weighted by molar-refractivity contribution is 0.0919. The molecule has 14 heavy (non-hydrogen) atoms. The maximum absolute atomic E-state index is 11.6. The zero-order chi connectivity index (χ0) is 9.54. The molecule has 1 aliphatic heterocycles. The Labute approximate surface area is 81.7 Å². The number of hydrogen-bond donors (Lipinski definition) is 2. The maximum atomic E-state index is 11.6. The molecule has 1 amide bonds. The number of piperidine rings is 1. The highest BCUT2D eigenvalue weighted by atomic mass is 16.3. The minimum Gasteiger partial charge on any atom is -0.459 e. The Kier molecular flexibility index (Phi) is 1.64. The molecule has 1 aromatic heterocycles. The van der Waals surface area contributed by atoms with E-state index >= 15 is 0 Å². The standard InChI is InChI=1S/C10H12N2O2/c13-10(8-2-1-3-14-8)12-9-6-4-11-5-7(6)9/h1-3,6-7,9,11H,4-5H2,(H,12,13). The molecular weight excluding hydrogens is 180 g/mol. The first-order chi connectivity index (χ1) is 6.86. The number of furan rings is 1. The number of carbonyl (C=O) groups is 1. The molecule has 2 unspecified atom stereocenters. The first-order valence-electron chi connectivity index (χ1n) is 4.91. The summed E-state index contributed by atoms with van der Waals surface area (Å²) in [6.07, 6.45) is 1.52. The first-order valence-corrected chi connectivity index (χ1v) is 4.91. The Bertz CT molecular complexity index is 337. The predicted molar refractivity (Wildman–Crippen MR) is 49.8 cm³/mol. The Morgan fingerprint density at radius 3 is 2.93 bits per heavy atom. The molecule has 2 atom stereocenters. The Morgan fingerprint density at radius 2 is 2.29 bits per heavy atom. The number of carbonyl (C=O) groups excluding carboxylic acids is 1. The van der Waals surface area contributed by atoms with Crippen LogP contribution in [0.3, 0.4) is 0 Å². The molecule has 2 N–H and O–H groups in total. The van der Waals surface area contributed by atoms with E-state index in [0.29, 0.717) is 23.6 Å². The van der Waals surface area contributed by atoms with Crippen LogP contribution in [-0.2, 0) is 0 Å². The SMILES string of the molecule is O=C(NC1C2CNCC21)c1ccco1. The van der Waals surface area contributed by atoms with Gasteiger partial charge in [0.2, 0.25) is 0 Å². The zero-order valence-electron chi connectivity index (χ0n) is 7.69. The second-order valence-corrected chi connectivity index (χ2v) is 3.96. The topological polar surface area (TPSA) is 54.3 Å². The molecule has 74 valence electrons. The van der Waals surface area contributed by atoms with Crippen LogP contribution in [0.4, 0.5) is 0 Å². The first kappa shape index (κ1) is 8.05. The van der Waals surface area contributed by atoms with Gasteiger partial charge in [-0.25, -0.2) is 0 Å². The summed E-state index contributed by atoms with van der Waals surface area (Å²) in [6.45, 7) is 2.07. The van der Waals surface area contributed by atoms with E-state index < -0.39 is 0 Å².